The highest BCUT2D eigenvalue weighted by Crippen LogP contribution is 2.33. The quantitative estimate of drug-likeness (QED) is 0.540. The van der Waals surface area contributed by atoms with Gasteiger partial charge in [0.1, 0.15) is 6.54 Å². The number of benzene rings is 3. The molecule has 3 aromatic rings. The van der Waals surface area contributed by atoms with Crippen LogP contribution in [0.25, 0.3) is 0 Å². The average molecular weight is 460 g/mol. The second kappa shape index (κ2) is 8.48. The first kappa shape index (κ1) is 20.8. The summed E-state index contributed by atoms with van der Waals surface area (Å²) in [5.41, 5.74) is 1.76. The Kier molecular flexibility index (Phi) is 5.35. The highest BCUT2D eigenvalue weighted by Gasteiger charge is 2.55. The van der Waals surface area contributed by atoms with Crippen LogP contribution in [0.1, 0.15) is 0 Å². The predicted octanol–water partition coefficient (Wildman–Crippen LogP) is 4.00. The minimum absolute atomic E-state index is 0.220. The first-order chi connectivity index (χ1) is 16.0. The van der Waals surface area contributed by atoms with Gasteiger partial charge in [0.2, 0.25) is 0 Å². The number of hydrogen-bond donors (Lipinski definition) is 0. The summed E-state index contributed by atoms with van der Waals surface area (Å²) in [6.45, 7) is -0.220. The fourth-order valence-corrected chi connectivity index (χ4v) is 4.12. The van der Waals surface area contributed by atoms with Crippen LogP contribution in [-0.2, 0) is 14.4 Å². The summed E-state index contributed by atoms with van der Waals surface area (Å²) in [4.78, 5) is 42.1. The monoisotopic (exact) mass is 459 g/mol. The molecule has 3 aromatic carbocycles. The number of carbonyl (C=O) groups is 3. The van der Waals surface area contributed by atoms with E-state index in [1.54, 1.807) is 29.2 Å². The van der Waals surface area contributed by atoms with Crippen molar-refractivity contribution < 1.29 is 14.4 Å². The minimum Gasteiger partial charge on any atom is -0.279 e. The van der Waals surface area contributed by atoms with E-state index in [0.717, 1.165) is 4.90 Å². The number of halogens is 1. The van der Waals surface area contributed by atoms with Gasteiger partial charge in [-0.3, -0.25) is 24.3 Å². The van der Waals surface area contributed by atoms with Crippen molar-refractivity contribution in [3.05, 3.63) is 90.0 Å². The van der Waals surface area contributed by atoms with E-state index in [9.17, 15) is 14.4 Å². The summed E-state index contributed by atoms with van der Waals surface area (Å²) in [6, 6.07) is 22.8. The molecule has 1 fully saturated rings. The van der Waals surface area contributed by atoms with Gasteiger partial charge in [-0.05, 0) is 48.5 Å². The molecule has 2 aliphatic heterocycles. The standard InChI is InChI=1S/C24H18ClN5O3/c25-16-11-13-19(14-12-16)30-23(32)21-22(24(30)33)28(27-26-21)15-20(31)29(17-7-3-1-4-8-17)18-9-5-2-6-10-18/h1-14,21-22H,15H2/t21-,22+/m1/s1. The maximum Gasteiger partial charge on any atom is 0.263 e. The predicted molar refractivity (Wildman–Crippen MR) is 123 cm³/mol. The molecule has 0 saturated carbocycles. The largest absolute Gasteiger partial charge is 0.279 e. The van der Waals surface area contributed by atoms with Gasteiger partial charge in [-0.2, -0.15) is 5.11 Å². The summed E-state index contributed by atoms with van der Waals surface area (Å²) < 4.78 is 0. The molecule has 0 spiro atoms. The van der Waals surface area contributed by atoms with E-state index < -0.39 is 23.9 Å². The van der Waals surface area contributed by atoms with Gasteiger partial charge in [0.15, 0.2) is 12.1 Å². The Morgan fingerprint density at radius 2 is 1.42 bits per heavy atom. The van der Waals surface area contributed by atoms with Gasteiger partial charge < -0.3 is 0 Å². The van der Waals surface area contributed by atoms with Crippen LogP contribution in [-0.4, -0.2) is 41.4 Å². The van der Waals surface area contributed by atoms with E-state index in [4.69, 9.17) is 11.6 Å². The summed E-state index contributed by atoms with van der Waals surface area (Å²) in [6.07, 6.45) is 0. The van der Waals surface area contributed by atoms with Crippen LogP contribution in [0.15, 0.2) is 95.3 Å². The van der Waals surface area contributed by atoms with Gasteiger partial charge in [-0.15, -0.1) is 0 Å². The van der Waals surface area contributed by atoms with Crippen molar-refractivity contribution in [1.82, 2.24) is 5.01 Å². The van der Waals surface area contributed by atoms with Gasteiger partial charge >= 0.3 is 0 Å². The Morgan fingerprint density at radius 1 is 0.848 bits per heavy atom. The van der Waals surface area contributed by atoms with Crippen molar-refractivity contribution >= 4 is 46.4 Å². The maximum atomic E-state index is 13.4. The van der Waals surface area contributed by atoms with Crippen molar-refractivity contribution in [2.75, 3.05) is 16.3 Å². The number of anilines is 3. The highest BCUT2D eigenvalue weighted by atomic mass is 35.5. The number of rotatable bonds is 5. The Hall–Kier alpha value is -4.04. The first-order valence-electron chi connectivity index (χ1n) is 10.3. The lowest BCUT2D eigenvalue weighted by molar-refractivity contribution is -0.124. The SMILES string of the molecule is O=C1[C@@H]2[C@@H](N=NN2CC(=O)N(c2ccccc2)c2ccccc2)C(=O)N1c1ccc(Cl)cc1. The molecule has 164 valence electrons. The molecule has 2 heterocycles. The molecular weight excluding hydrogens is 442 g/mol. The molecule has 9 heteroatoms. The molecule has 8 nitrogen and oxygen atoms in total. The molecule has 33 heavy (non-hydrogen) atoms. The Bertz CT molecular complexity index is 1190. The van der Waals surface area contributed by atoms with Gasteiger partial charge in [0.25, 0.3) is 17.7 Å². The minimum atomic E-state index is -0.983. The molecule has 0 aliphatic carbocycles. The fraction of sp³-hybridized carbons (Fsp3) is 0.125. The Morgan fingerprint density at radius 3 is 2.00 bits per heavy atom. The Balaban J connectivity index is 1.41. The maximum absolute atomic E-state index is 13.4. The summed E-state index contributed by atoms with van der Waals surface area (Å²) in [5, 5.41) is 9.78. The van der Waals surface area contributed by atoms with Crippen LogP contribution in [0.3, 0.4) is 0 Å². The zero-order valence-electron chi connectivity index (χ0n) is 17.3. The van der Waals surface area contributed by atoms with Crippen LogP contribution >= 0.6 is 11.6 Å². The third kappa shape index (κ3) is 3.74. The summed E-state index contributed by atoms with van der Waals surface area (Å²) in [7, 11) is 0. The Labute approximate surface area is 194 Å². The summed E-state index contributed by atoms with van der Waals surface area (Å²) >= 11 is 5.93. The lowest BCUT2D eigenvalue weighted by Crippen LogP contribution is -2.44. The fourth-order valence-electron chi connectivity index (χ4n) is 4.00. The molecule has 2 atom stereocenters. The van der Waals surface area contributed by atoms with Crippen LogP contribution < -0.4 is 9.80 Å². The number of para-hydroxylation sites is 2. The summed E-state index contributed by atoms with van der Waals surface area (Å²) in [5.74, 6) is -1.26. The molecule has 0 aromatic heterocycles. The van der Waals surface area contributed by atoms with Gasteiger partial charge in [0, 0.05) is 16.4 Å². The van der Waals surface area contributed by atoms with Gasteiger partial charge in [-0.25, -0.2) is 4.90 Å². The third-order valence-electron chi connectivity index (χ3n) is 5.52. The van der Waals surface area contributed by atoms with E-state index in [1.807, 2.05) is 60.7 Å². The number of amides is 3. The highest BCUT2D eigenvalue weighted by molar-refractivity contribution is 6.31. The zero-order chi connectivity index (χ0) is 22.9. The van der Waals surface area contributed by atoms with E-state index in [0.29, 0.717) is 22.1 Å². The smallest absolute Gasteiger partial charge is 0.263 e. The van der Waals surface area contributed by atoms with Gasteiger partial charge in [-0.1, -0.05) is 53.2 Å². The molecule has 1 saturated heterocycles. The normalized spacial score (nSPS) is 19.2. The topological polar surface area (TPSA) is 85.6 Å². The van der Waals surface area contributed by atoms with Crippen LogP contribution in [0.4, 0.5) is 17.1 Å². The van der Waals surface area contributed by atoms with Gasteiger partial charge in [0.05, 0.1) is 5.69 Å². The third-order valence-corrected chi connectivity index (χ3v) is 5.77. The molecule has 3 amide bonds. The molecule has 0 bridgehead atoms. The van der Waals surface area contributed by atoms with Crippen molar-refractivity contribution in [2.24, 2.45) is 10.3 Å². The van der Waals surface area contributed by atoms with Crippen molar-refractivity contribution in [3.8, 4) is 0 Å². The number of imide groups is 1. The zero-order valence-corrected chi connectivity index (χ0v) is 18.0. The number of nitrogens with zero attached hydrogens (tertiary/aromatic N) is 5. The van der Waals surface area contributed by atoms with E-state index >= 15 is 0 Å². The molecule has 2 aliphatic rings. The number of carbonyl (C=O) groups excluding carboxylic acids is 3. The van der Waals surface area contributed by atoms with Crippen molar-refractivity contribution in [3.63, 3.8) is 0 Å². The van der Waals surface area contributed by atoms with Crippen molar-refractivity contribution in [2.45, 2.75) is 12.1 Å². The lowest BCUT2D eigenvalue weighted by atomic mass is 10.1. The lowest BCUT2D eigenvalue weighted by Gasteiger charge is -2.26. The second-order valence-corrected chi connectivity index (χ2v) is 8.02. The first-order valence-corrected chi connectivity index (χ1v) is 10.7. The van der Waals surface area contributed by atoms with E-state index in [1.165, 1.54) is 5.01 Å². The molecular formula is C24H18ClN5O3. The second-order valence-electron chi connectivity index (χ2n) is 7.58. The van der Waals surface area contributed by atoms with Crippen LogP contribution in [0, 0.1) is 0 Å². The molecule has 0 radical (unpaired) electrons. The van der Waals surface area contributed by atoms with Crippen molar-refractivity contribution in [1.29, 1.82) is 0 Å². The van der Waals surface area contributed by atoms with Crippen LogP contribution in [0.2, 0.25) is 5.02 Å². The van der Waals surface area contributed by atoms with E-state index in [-0.39, 0.29) is 12.5 Å². The molecule has 5 rings (SSSR count). The molecule has 0 unspecified atom stereocenters. The number of hydrogen-bond acceptors (Lipinski definition) is 6. The number of fused-ring (bicyclic) bond motifs is 1. The van der Waals surface area contributed by atoms with E-state index in [2.05, 4.69) is 10.3 Å². The average Bonchev–Trinajstić information content (AvgIpc) is 3.35. The molecule has 0 N–H and O–H groups in total. The van der Waals surface area contributed by atoms with Crippen LogP contribution in [0.5, 0.6) is 0 Å².